The van der Waals surface area contributed by atoms with E-state index in [1.54, 1.807) is 18.0 Å². The highest BCUT2D eigenvalue weighted by Gasteiger charge is 2.34. The van der Waals surface area contributed by atoms with Crippen LogP contribution in [0.1, 0.15) is 27.4 Å². The van der Waals surface area contributed by atoms with E-state index in [0.29, 0.717) is 43.4 Å². The zero-order valence-electron chi connectivity index (χ0n) is 19.8. The molecule has 0 spiro atoms. The predicted molar refractivity (Wildman–Crippen MR) is 132 cm³/mol. The molecule has 2 N–H and O–H groups in total. The van der Waals surface area contributed by atoms with E-state index in [0.717, 1.165) is 16.9 Å². The molecule has 0 radical (unpaired) electrons. The van der Waals surface area contributed by atoms with Gasteiger partial charge >= 0.3 is 0 Å². The summed E-state index contributed by atoms with van der Waals surface area (Å²) in [4.78, 5) is 38.6. The van der Waals surface area contributed by atoms with Crippen LogP contribution in [0.2, 0.25) is 0 Å². The third kappa shape index (κ3) is 5.58. The molecule has 3 aromatic rings. The topological polar surface area (TPSA) is 90.5 Å². The van der Waals surface area contributed by atoms with Crippen molar-refractivity contribution in [3.05, 3.63) is 83.3 Å². The van der Waals surface area contributed by atoms with Crippen molar-refractivity contribution < 1.29 is 9.59 Å². The van der Waals surface area contributed by atoms with Crippen LogP contribution in [0.25, 0.3) is 0 Å². The van der Waals surface area contributed by atoms with E-state index in [4.69, 9.17) is 0 Å². The number of anilines is 2. The highest BCUT2D eigenvalue weighted by molar-refractivity contribution is 5.96. The van der Waals surface area contributed by atoms with Gasteiger partial charge in [0.1, 0.15) is 17.7 Å². The fraction of sp³-hybridized carbons (Fsp3) is 0.308. The fourth-order valence-electron chi connectivity index (χ4n) is 4.27. The van der Waals surface area contributed by atoms with E-state index in [1.807, 2.05) is 56.3 Å². The van der Waals surface area contributed by atoms with E-state index in [-0.39, 0.29) is 11.8 Å². The number of carbonyl (C=O) groups is 2. The van der Waals surface area contributed by atoms with Crippen molar-refractivity contribution in [2.45, 2.75) is 26.4 Å². The Labute approximate surface area is 200 Å². The van der Waals surface area contributed by atoms with Gasteiger partial charge in [-0.25, -0.2) is 9.97 Å². The normalized spacial score (nSPS) is 16.2. The molecule has 2 aromatic carbocycles. The summed E-state index contributed by atoms with van der Waals surface area (Å²) in [5.74, 6) is 1.19. The van der Waals surface area contributed by atoms with Crippen LogP contribution in [-0.2, 0) is 11.3 Å². The second kappa shape index (κ2) is 10.4. The molecular weight excluding hydrogens is 428 g/mol. The van der Waals surface area contributed by atoms with E-state index < -0.39 is 6.04 Å². The van der Waals surface area contributed by atoms with Crippen molar-refractivity contribution >= 4 is 23.3 Å². The van der Waals surface area contributed by atoms with Crippen molar-refractivity contribution in [2.75, 3.05) is 32.0 Å². The Balaban J connectivity index is 1.48. The molecule has 8 nitrogen and oxygen atoms in total. The summed E-state index contributed by atoms with van der Waals surface area (Å²) in [7, 11) is 1.63. The first-order valence-corrected chi connectivity index (χ1v) is 11.4. The average Bonchev–Trinajstić information content (AvgIpc) is 2.83. The van der Waals surface area contributed by atoms with Gasteiger partial charge in [0.05, 0.1) is 0 Å². The molecule has 0 bridgehead atoms. The summed E-state index contributed by atoms with van der Waals surface area (Å²) in [5, 5.41) is 6.01. The molecule has 2 heterocycles. The highest BCUT2D eigenvalue weighted by atomic mass is 16.2. The van der Waals surface area contributed by atoms with Gasteiger partial charge in [-0.1, -0.05) is 36.4 Å². The van der Waals surface area contributed by atoms with Crippen molar-refractivity contribution in [1.29, 1.82) is 0 Å². The number of hydrogen-bond acceptors (Lipinski definition) is 6. The molecule has 1 aliphatic rings. The van der Waals surface area contributed by atoms with E-state index in [9.17, 15) is 9.59 Å². The molecule has 176 valence electrons. The molecule has 1 aromatic heterocycles. The third-order valence-corrected chi connectivity index (χ3v) is 5.90. The molecule has 34 heavy (non-hydrogen) atoms. The SMILES string of the molecule is CNC(=O)[C@H]1CN(C(=O)c2cccc(Nc3cc(C)nc(C)n3)c2)CCN1Cc1ccccc1. The maximum absolute atomic E-state index is 13.4. The van der Waals surface area contributed by atoms with Crippen LogP contribution in [-0.4, -0.2) is 64.3 Å². The van der Waals surface area contributed by atoms with Gasteiger partial charge in [-0.3, -0.25) is 14.5 Å². The van der Waals surface area contributed by atoms with E-state index in [2.05, 4.69) is 37.6 Å². The molecule has 1 atom stereocenters. The van der Waals surface area contributed by atoms with Gasteiger partial charge in [-0.2, -0.15) is 0 Å². The number of nitrogens with one attached hydrogen (secondary N) is 2. The third-order valence-electron chi connectivity index (χ3n) is 5.90. The van der Waals surface area contributed by atoms with Gasteiger partial charge < -0.3 is 15.5 Å². The minimum atomic E-state index is -0.406. The number of nitrogens with zero attached hydrogens (tertiary/aromatic N) is 4. The number of rotatable bonds is 6. The van der Waals surface area contributed by atoms with Gasteiger partial charge in [0.25, 0.3) is 5.91 Å². The maximum Gasteiger partial charge on any atom is 0.254 e. The second-order valence-electron chi connectivity index (χ2n) is 8.48. The number of benzene rings is 2. The number of amides is 2. The van der Waals surface area contributed by atoms with Crippen molar-refractivity contribution in [2.24, 2.45) is 0 Å². The quantitative estimate of drug-likeness (QED) is 0.590. The molecule has 1 aliphatic heterocycles. The lowest BCUT2D eigenvalue weighted by molar-refractivity contribution is -0.128. The highest BCUT2D eigenvalue weighted by Crippen LogP contribution is 2.20. The van der Waals surface area contributed by atoms with Gasteiger partial charge in [0, 0.05) is 56.2 Å². The number of piperazine rings is 1. The maximum atomic E-state index is 13.4. The minimum absolute atomic E-state index is 0.0849. The van der Waals surface area contributed by atoms with Crippen LogP contribution in [0.3, 0.4) is 0 Å². The molecular formula is C26H30N6O2. The van der Waals surface area contributed by atoms with Crippen LogP contribution in [0.4, 0.5) is 11.5 Å². The van der Waals surface area contributed by atoms with Gasteiger partial charge in [0.2, 0.25) is 5.91 Å². The second-order valence-corrected chi connectivity index (χ2v) is 8.48. The van der Waals surface area contributed by atoms with Gasteiger partial charge in [-0.05, 0) is 37.6 Å². The molecule has 0 aliphatic carbocycles. The zero-order chi connectivity index (χ0) is 24.1. The molecule has 8 heteroatoms. The summed E-state index contributed by atoms with van der Waals surface area (Å²) in [6.07, 6.45) is 0. The standard InChI is InChI=1S/C26H30N6O2/c1-18-14-24(29-19(2)28-18)30-22-11-7-10-21(15-22)26(34)32-13-12-31(23(17-32)25(33)27-3)16-20-8-5-4-6-9-20/h4-11,14-15,23H,12-13,16-17H2,1-3H3,(H,27,33)(H,28,29,30)/t23-/m1/s1. The Kier molecular flexibility index (Phi) is 7.18. The Morgan fingerprint density at radius 2 is 1.79 bits per heavy atom. The minimum Gasteiger partial charge on any atom is -0.358 e. The summed E-state index contributed by atoms with van der Waals surface area (Å²) in [6.45, 7) is 5.95. The first-order chi connectivity index (χ1) is 16.4. The largest absolute Gasteiger partial charge is 0.358 e. The monoisotopic (exact) mass is 458 g/mol. The first kappa shape index (κ1) is 23.4. The smallest absolute Gasteiger partial charge is 0.254 e. The lowest BCUT2D eigenvalue weighted by Crippen LogP contribution is -2.59. The molecule has 0 saturated carbocycles. The lowest BCUT2D eigenvalue weighted by Gasteiger charge is -2.40. The number of hydrogen-bond donors (Lipinski definition) is 2. The van der Waals surface area contributed by atoms with Crippen LogP contribution in [0, 0.1) is 13.8 Å². The summed E-state index contributed by atoms with van der Waals surface area (Å²) >= 11 is 0. The average molecular weight is 459 g/mol. The summed E-state index contributed by atoms with van der Waals surface area (Å²) in [5.41, 5.74) is 3.36. The van der Waals surface area contributed by atoms with Crippen LogP contribution in [0.5, 0.6) is 0 Å². The first-order valence-electron chi connectivity index (χ1n) is 11.4. The number of likely N-dealkylation sites (N-methyl/N-ethyl adjacent to an activating group) is 1. The van der Waals surface area contributed by atoms with Crippen molar-refractivity contribution in [1.82, 2.24) is 25.1 Å². The lowest BCUT2D eigenvalue weighted by atomic mass is 10.1. The summed E-state index contributed by atoms with van der Waals surface area (Å²) < 4.78 is 0. The Bertz CT molecular complexity index is 1150. The Morgan fingerprint density at radius 1 is 1.00 bits per heavy atom. The number of aromatic nitrogens is 2. The number of aryl methyl sites for hydroxylation is 2. The fourth-order valence-corrected chi connectivity index (χ4v) is 4.27. The molecule has 0 unspecified atom stereocenters. The predicted octanol–water partition coefficient (Wildman–Crippen LogP) is 2.91. The van der Waals surface area contributed by atoms with Crippen molar-refractivity contribution in [3.63, 3.8) is 0 Å². The Hall–Kier alpha value is -3.78. The van der Waals surface area contributed by atoms with Crippen LogP contribution >= 0.6 is 0 Å². The van der Waals surface area contributed by atoms with Gasteiger partial charge in [0.15, 0.2) is 0 Å². The molecule has 2 amide bonds. The van der Waals surface area contributed by atoms with Crippen LogP contribution < -0.4 is 10.6 Å². The van der Waals surface area contributed by atoms with Crippen molar-refractivity contribution in [3.8, 4) is 0 Å². The van der Waals surface area contributed by atoms with Crippen LogP contribution in [0.15, 0.2) is 60.7 Å². The van der Waals surface area contributed by atoms with E-state index >= 15 is 0 Å². The van der Waals surface area contributed by atoms with Gasteiger partial charge in [-0.15, -0.1) is 0 Å². The number of carbonyl (C=O) groups excluding carboxylic acids is 2. The molecule has 1 fully saturated rings. The zero-order valence-corrected chi connectivity index (χ0v) is 19.8. The molecule has 1 saturated heterocycles. The summed E-state index contributed by atoms with van der Waals surface area (Å²) in [6, 6.07) is 18.9. The van der Waals surface area contributed by atoms with E-state index in [1.165, 1.54) is 0 Å². The Morgan fingerprint density at radius 3 is 2.53 bits per heavy atom. The molecule has 4 rings (SSSR count).